The van der Waals surface area contributed by atoms with Gasteiger partial charge in [0.1, 0.15) is 5.82 Å². The van der Waals surface area contributed by atoms with Crippen LogP contribution in [0, 0.1) is 5.82 Å². The van der Waals surface area contributed by atoms with Crippen LogP contribution in [0.25, 0.3) is 16.2 Å². The lowest BCUT2D eigenvalue weighted by Crippen LogP contribution is -2.31. The van der Waals surface area contributed by atoms with E-state index in [4.69, 9.17) is 5.11 Å². The van der Waals surface area contributed by atoms with Crippen molar-refractivity contribution in [2.24, 2.45) is 0 Å². The van der Waals surface area contributed by atoms with Crippen molar-refractivity contribution in [3.63, 3.8) is 0 Å². The van der Waals surface area contributed by atoms with Crippen LogP contribution in [0.2, 0.25) is 0 Å². The molecule has 0 fully saturated rings. The van der Waals surface area contributed by atoms with Crippen molar-refractivity contribution in [2.75, 3.05) is 5.32 Å². The maximum atomic E-state index is 13.0. The molecule has 1 aromatic carbocycles. The van der Waals surface area contributed by atoms with Crippen LogP contribution < -0.4 is 5.32 Å². The second-order valence-corrected chi connectivity index (χ2v) is 7.13. The average molecular weight is 348 g/mol. The largest absolute Gasteiger partial charge is 0.481 e. The number of nitrogens with one attached hydrogen (secondary N) is 1. The first kappa shape index (κ1) is 16.4. The van der Waals surface area contributed by atoms with E-state index in [1.54, 1.807) is 22.8 Å². The molecule has 0 aliphatic heterocycles. The number of rotatable bonds is 6. The second-order valence-electron chi connectivity index (χ2n) is 6.17. The van der Waals surface area contributed by atoms with Crippen molar-refractivity contribution in [3.8, 4) is 11.3 Å². The van der Waals surface area contributed by atoms with Crippen LogP contribution in [0.15, 0.2) is 30.5 Å². The van der Waals surface area contributed by atoms with E-state index < -0.39 is 5.97 Å². The molecule has 8 heteroatoms. The van der Waals surface area contributed by atoms with E-state index in [0.717, 1.165) is 11.3 Å². The van der Waals surface area contributed by atoms with E-state index in [1.165, 1.54) is 23.5 Å². The number of halogens is 1. The normalized spacial score (nSPS) is 11.8. The molecule has 0 aliphatic rings. The van der Waals surface area contributed by atoms with Gasteiger partial charge in [0.2, 0.25) is 10.1 Å². The summed E-state index contributed by atoms with van der Waals surface area (Å²) in [7, 11) is 0. The first-order valence-corrected chi connectivity index (χ1v) is 8.26. The van der Waals surface area contributed by atoms with Gasteiger partial charge in [0, 0.05) is 17.5 Å². The number of hydrogen-bond donors (Lipinski definition) is 2. The third-order valence-electron chi connectivity index (χ3n) is 3.59. The summed E-state index contributed by atoms with van der Waals surface area (Å²) in [6.07, 6.45) is 2.37. The minimum absolute atomic E-state index is 0.0945. The third-order valence-corrected chi connectivity index (χ3v) is 4.43. The zero-order chi connectivity index (χ0) is 17.3. The zero-order valence-electron chi connectivity index (χ0n) is 13.3. The summed E-state index contributed by atoms with van der Waals surface area (Å²) in [5.41, 5.74) is 1.17. The first-order valence-electron chi connectivity index (χ1n) is 7.44. The van der Waals surface area contributed by atoms with Crippen molar-refractivity contribution >= 4 is 27.4 Å². The van der Waals surface area contributed by atoms with Gasteiger partial charge in [-0.05, 0) is 44.5 Å². The summed E-state index contributed by atoms with van der Waals surface area (Å²) in [5, 5.41) is 17.2. The van der Waals surface area contributed by atoms with Crippen LogP contribution in [-0.2, 0) is 4.79 Å². The van der Waals surface area contributed by atoms with E-state index >= 15 is 0 Å². The van der Waals surface area contributed by atoms with Gasteiger partial charge in [0.25, 0.3) is 0 Å². The average Bonchev–Trinajstić information content (AvgIpc) is 3.03. The molecule has 6 nitrogen and oxygen atoms in total. The Morgan fingerprint density at radius 2 is 2.08 bits per heavy atom. The summed E-state index contributed by atoms with van der Waals surface area (Å²) in [6, 6.07) is 6.15. The van der Waals surface area contributed by atoms with Crippen LogP contribution in [0.4, 0.5) is 9.52 Å². The fourth-order valence-corrected chi connectivity index (χ4v) is 3.24. The van der Waals surface area contributed by atoms with Crippen molar-refractivity contribution < 1.29 is 14.3 Å². The molecule has 24 heavy (non-hydrogen) atoms. The summed E-state index contributed by atoms with van der Waals surface area (Å²) >= 11 is 1.39. The molecule has 2 aromatic heterocycles. The molecule has 0 saturated carbocycles. The number of benzene rings is 1. The molecular formula is C16H17FN4O2S. The molecule has 0 bridgehead atoms. The molecule has 2 N–H and O–H groups in total. The van der Waals surface area contributed by atoms with Gasteiger partial charge in [-0.1, -0.05) is 11.3 Å². The monoisotopic (exact) mass is 348 g/mol. The highest BCUT2D eigenvalue weighted by molar-refractivity contribution is 7.20. The molecule has 3 rings (SSSR count). The number of nitrogens with zero attached hydrogens (tertiary/aromatic N) is 3. The molecule has 0 amide bonds. The van der Waals surface area contributed by atoms with Crippen LogP contribution in [-0.4, -0.2) is 31.2 Å². The summed E-state index contributed by atoms with van der Waals surface area (Å²) in [4.78, 5) is 15.9. The van der Waals surface area contributed by atoms with E-state index in [9.17, 15) is 9.18 Å². The van der Waals surface area contributed by atoms with Crippen LogP contribution >= 0.6 is 11.3 Å². The van der Waals surface area contributed by atoms with Crippen molar-refractivity contribution in [2.45, 2.75) is 32.2 Å². The topological polar surface area (TPSA) is 79.5 Å². The lowest BCUT2D eigenvalue weighted by molar-refractivity contribution is -0.137. The highest BCUT2D eigenvalue weighted by Gasteiger charge is 2.21. The van der Waals surface area contributed by atoms with Crippen molar-refractivity contribution in [1.29, 1.82) is 0 Å². The van der Waals surface area contributed by atoms with E-state index in [1.807, 2.05) is 13.8 Å². The Labute approximate surface area is 142 Å². The number of aliphatic carboxylic acids is 1. The predicted octanol–water partition coefficient (Wildman–Crippen LogP) is 3.65. The fraction of sp³-hybridized carbons (Fsp3) is 0.312. The molecular weight excluding hydrogens is 331 g/mol. The smallest absolute Gasteiger partial charge is 0.303 e. The summed E-state index contributed by atoms with van der Waals surface area (Å²) < 4.78 is 14.7. The predicted molar refractivity (Wildman–Crippen MR) is 90.8 cm³/mol. The molecule has 0 radical (unpaired) electrons. The maximum Gasteiger partial charge on any atom is 0.303 e. The molecule has 0 atom stereocenters. The summed E-state index contributed by atoms with van der Waals surface area (Å²) in [5.74, 6) is -1.10. The van der Waals surface area contributed by atoms with Crippen molar-refractivity contribution in [1.82, 2.24) is 14.6 Å². The highest BCUT2D eigenvalue weighted by Crippen LogP contribution is 2.27. The number of imidazole rings is 1. The number of hydrogen-bond acceptors (Lipinski definition) is 5. The van der Waals surface area contributed by atoms with Gasteiger partial charge in [0.05, 0.1) is 11.9 Å². The van der Waals surface area contributed by atoms with Gasteiger partial charge >= 0.3 is 5.97 Å². The Balaban J connectivity index is 1.77. The Morgan fingerprint density at radius 1 is 1.38 bits per heavy atom. The van der Waals surface area contributed by atoms with Gasteiger partial charge in [0.15, 0.2) is 0 Å². The lowest BCUT2D eigenvalue weighted by atomic mass is 9.99. The lowest BCUT2D eigenvalue weighted by Gasteiger charge is -2.24. The molecule has 0 unspecified atom stereocenters. The zero-order valence-corrected chi connectivity index (χ0v) is 14.1. The Bertz CT molecular complexity index is 838. The van der Waals surface area contributed by atoms with Gasteiger partial charge in [-0.25, -0.2) is 13.9 Å². The van der Waals surface area contributed by atoms with Gasteiger partial charge in [-0.3, -0.25) is 4.79 Å². The Hall–Kier alpha value is -2.48. The van der Waals surface area contributed by atoms with Crippen LogP contribution in [0.5, 0.6) is 0 Å². The minimum Gasteiger partial charge on any atom is -0.481 e. The Kier molecular flexibility index (Phi) is 4.23. The van der Waals surface area contributed by atoms with Crippen molar-refractivity contribution in [3.05, 3.63) is 36.3 Å². The quantitative estimate of drug-likeness (QED) is 0.711. The van der Waals surface area contributed by atoms with Crippen LogP contribution in [0.3, 0.4) is 0 Å². The first-order chi connectivity index (χ1) is 11.3. The van der Waals surface area contributed by atoms with Crippen LogP contribution in [0.1, 0.15) is 26.7 Å². The van der Waals surface area contributed by atoms with E-state index in [-0.39, 0.29) is 17.8 Å². The van der Waals surface area contributed by atoms with Gasteiger partial charge in [-0.2, -0.15) is 0 Å². The highest BCUT2D eigenvalue weighted by atomic mass is 32.1. The number of fused-ring (bicyclic) bond motifs is 1. The number of aromatic nitrogens is 3. The summed E-state index contributed by atoms with van der Waals surface area (Å²) in [6.45, 7) is 3.87. The molecule has 0 aliphatic carbocycles. The van der Waals surface area contributed by atoms with E-state index in [0.29, 0.717) is 16.5 Å². The number of carbonyl (C=O) groups is 1. The minimum atomic E-state index is -0.817. The SMILES string of the molecule is CC(C)(CCC(=O)O)Nc1nn2cc(-c3ccc(F)cc3)nc2s1. The number of carboxylic acid groups (broad SMARTS) is 1. The number of anilines is 1. The van der Waals surface area contributed by atoms with Gasteiger partial charge in [-0.15, -0.1) is 5.10 Å². The maximum absolute atomic E-state index is 13.0. The fourth-order valence-electron chi connectivity index (χ4n) is 2.28. The Morgan fingerprint density at radius 3 is 2.71 bits per heavy atom. The van der Waals surface area contributed by atoms with E-state index in [2.05, 4.69) is 15.4 Å². The molecule has 2 heterocycles. The van der Waals surface area contributed by atoms with Gasteiger partial charge < -0.3 is 10.4 Å². The molecule has 3 aromatic rings. The molecule has 0 spiro atoms. The molecule has 0 saturated heterocycles. The number of carboxylic acids is 1. The standard InChI is InChI=1S/C16H17FN4O2S/c1-16(2,8-7-13(22)23)19-14-20-21-9-12(18-15(21)24-14)10-3-5-11(17)6-4-10/h3-6,9H,7-8H2,1-2H3,(H,19,20)(H,22,23). The molecule has 126 valence electrons. The second kappa shape index (κ2) is 6.20. The third kappa shape index (κ3) is 3.70.